The highest BCUT2D eigenvalue weighted by Crippen LogP contribution is 2.48. The number of nitrogens with two attached hydrogens (primary N) is 1. The summed E-state index contributed by atoms with van der Waals surface area (Å²) in [6, 6.07) is 6.39. The van der Waals surface area contributed by atoms with Crippen LogP contribution in [0.1, 0.15) is 43.2 Å². The number of aryl methyl sites for hydroxylation is 1. The van der Waals surface area contributed by atoms with Crippen molar-refractivity contribution in [1.29, 1.82) is 0 Å². The van der Waals surface area contributed by atoms with Crippen molar-refractivity contribution in [2.75, 3.05) is 18.5 Å². The number of nitrogens with one attached hydrogen (secondary N) is 1. The predicted octanol–water partition coefficient (Wildman–Crippen LogP) is 2.45. The number of aliphatic hydroxyl groups is 1. The number of fused-ring (bicyclic) bond motifs is 1. The van der Waals surface area contributed by atoms with Crippen molar-refractivity contribution >= 4 is 11.6 Å². The average molecular weight is 287 g/mol. The molecular formula is C17H25N3O. The van der Waals surface area contributed by atoms with E-state index in [0.29, 0.717) is 12.5 Å². The lowest BCUT2D eigenvalue weighted by atomic mass is 9.90. The fraction of sp³-hybridized carbons (Fsp3) is 0.588. The van der Waals surface area contributed by atoms with E-state index >= 15 is 0 Å². The summed E-state index contributed by atoms with van der Waals surface area (Å²) in [4.78, 5) is 4.41. The number of aliphatic imine (C=N–C) groups is 1. The summed E-state index contributed by atoms with van der Waals surface area (Å²) < 4.78 is 0. The van der Waals surface area contributed by atoms with Gasteiger partial charge in [-0.15, -0.1) is 0 Å². The Kier molecular flexibility index (Phi) is 4.15. The van der Waals surface area contributed by atoms with Crippen molar-refractivity contribution in [2.45, 2.75) is 44.9 Å². The first-order valence-corrected chi connectivity index (χ1v) is 8.01. The van der Waals surface area contributed by atoms with Crippen LogP contribution in [0.4, 0.5) is 5.69 Å². The molecule has 0 aliphatic heterocycles. The van der Waals surface area contributed by atoms with Gasteiger partial charge in [0.1, 0.15) is 0 Å². The molecule has 2 aliphatic rings. The zero-order valence-electron chi connectivity index (χ0n) is 12.6. The maximum Gasteiger partial charge on any atom is 0.193 e. The van der Waals surface area contributed by atoms with Crippen molar-refractivity contribution in [3.05, 3.63) is 29.3 Å². The quantitative estimate of drug-likeness (QED) is 0.575. The van der Waals surface area contributed by atoms with Gasteiger partial charge >= 0.3 is 0 Å². The molecule has 114 valence electrons. The molecule has 0 atom stereocenters. The molecule has 0 aromatic heterocycles. The molecule has 0 saturated heterocycles. The van der Waals surface area contributed by atoms with Gasteiger partial charge in [0.05, 0.1) is 0 Å². The highest BCUT2D eigenvalue weighted by molar-refractivity contribution is 5.93. The van der Waals surface area contributed by atoms with E-state index in [9.17, 15) is 5.11 Å². The molecule has 0 heterocycles. The normalized spacial score (nSPS) is 20.0. The molecular weight excluding hydrogens is 262 g/mol. The third-order valence-electron chi connectivity index (χ3n) is 4.88. The number of hydrogen-bond donors (Lipinski definition) is 3. The molecule has 1 fully saturated rings. The molecule has 4 nitrogen and oxygen atoms in total. The Morgan fingerprint density at radius 2 is 2.10 bits per heavy atom. The fourth-order valence-electron chi connectivity index (χ4n) is 3.15. The van der Waals surface area contributed by atoms with E-state index in [-0.39, 0.29) is 12.0 Å². The molecule has 3 rings (SSSR count). The molecule has 4 heteroatoms. The Bertz CT molecular complexity index is 535. The second kappa shape index (κ2) is 6.06. The molecule has 1 saturated carbocycles. The van der Waals surface area contributed by atoms with Crippen molar-refractivity contribution in [3.63, 3.8) is 0 Å². The number of rotatable bonds is 5. The number of hydrogen-bond acceptors (Lipinski definition) is 2. The lowest BCUT2D eigenvalue weighted by Crippen LogP contribution is -2.24. The van der Waals surface area contributed by atoms with Gasteiger partial charge in [0.2, 0.25) is 0 Å². The van der Waals surface area contributed by atoms with E-state index in [1.165, 1.54) is 30.4 Å². The molecule has 1 aromatic rings. The van der Waals surface area contributed by atoms with Crippen LogP contribution in [0.5, 0.6) is 0 Å². The molecule has 4 N–H and O–H groups in total. The van der Waals surface area contributed by atoms with Crippen molar-refractivity contribution < 1.29 is 5.11 Å². The minimum atomic E-state index is 0.149. The molecule has 2 aliphatic carbocycles. The van der Waals surface area contributed by atoms with E-state index in [4.69, 9.17) is 5.73 Å². The maximum absolute atomic E-state index is 9.29. The smallest absolute Gasteiger partial charge is 0.193 e. The van der Waals surface area contributed by atoms with E-state index in [2.05, 4.69) is 28.5 Å². The van der Waals surface area contributed by atoms with Crippen molar-refractivity contribution in [2.24, 2.45) is 16.1 Å². The van der Waals surface area contributed by atoms with E-state index in [0.717, 1.165) is 31.4 Å². The average Bonchev–Trinajstić information content (AvgIpc) is 3.28. The van der Waals surface area contributed by atoms with Crippen LogP contribution in [0.25, 0.3) is 0 Å². The minimum Gasteiger partial charge on any atom is -0.396 e. The zero-order chi connectivity index (χ0) is 14.7. The van der Waals surface area contributed by atoms with Crippen LogP contribution in [-0.4, -0.2) is 24.2 Å². The molecule has 0 radical (unpaired) electrons. The molecule has 0 bridgehead atoms. The van der Waals surface area contributed by atoms with Gasteiger partial charge in [0.25, 0.3) is 0 Å². The highest BCUT2D eigenvalue weighted by atomic mass is 16.3. The monoisotopic (exact) mass is 287 g/mol. The van der Waals surface area contributed by atoms with Gasteiger partial charge in [-0.2, -0.15) is 0 Å². The van der Waals surface area contributed by atoms with Gasteiger partial charge < -0.3 is 16.2 Å². The minimum absolute atomic E-state index is 0.149. The lowest BCUT2D eigenvalue weighted by Gasteiger charge is -2.20. The SMILES string of the molecule is NC(=NCCC1(CO)CC1)Nc1cccc2c1CCCC2. The summed E-state index contributed by atoms with van der Waals surface area (Å²) in [5.41, 5.74) is 10.1. The van der Waals surface area contributed by atoms with Gasteiger partial charge in [0.15, 0.2) is 5.96 Å². The van der Waals surface area contributed by atoms with Crippen molar-refractivity contribution in [3.8, 4) is 0 Å². The number of guanidine groups is 1. The Labute approximate surface area is 126 Å². The zero-order valence-corrected chi connectivity index (χ0v) is 12.6. The first-order valence-electron chi connectivity index (χ1n) is 8.01. The van der Waals surface area contributed by atoms with Gasteiger partial charge in [-0.25, -0.2) is 0 Å². The standard InChI is InChI=1S/C17H25N3O/c18-16(19-11-10-17(12-21)8-9-17)20-15-7-3-5-13-4-1-2-6-14(13)15/h3,5,7,21H,1-2,4,6,8-12H2,(H3,18,19,20). The van der Waals surface area contributed by atoms with Crippen molar-refractivity contribution in [1.82, 2.24) is 0 Å². The summed E-state index contributed by atoms with van der Waals surface area (Å²) >= 11 is 0. The first kappa shape index (κ1) is 14.4. The van der Waals surface area contributed by atoms with Crippen LogP contribution in [0.15, 0.2) is 23.2 Å². The van der Waals surface area contributed by atoms with Gasteiger partial charge in [-0.1, -0.05) is 12.1 Å². The van der Waals surface area contributed by atoms with Crippen LogP contribution in [0.3, 0.4) is 0 Å². The Hall–Kier alpha value is -1.55. The lowest BCUT2D eigenvalue weighted by molar-refractivity contribution is 0.205. The van der Waals surface area contributed by atoms with E-state index < -0.39 is 0 Å². The summed E-state index contributed by atoms with van der Waals surface area (Å²) in [5.74, 6) is 0.489. The molecule has 0 spiro atoms. The first-order chi connectivity index (χ1) is 10.2. The number of benzene rings is 1. The van der Waals surface area contributed by atoms with Crippen LogP contribution in [-0.2, 0) is 12.8 Å². The third-order valence-corrected chi connectivity index (χ3v) is 4.88. The predicted molar refractivity (Wildman–Crippen MR) is 86.6 cm³/mol. The van der Waals surface area contributed by atoms with Crippen LogP contribution in [0, 0.1) is 5.41 Å². The topological polar surface area (TPSA) is 70.6 Å². The maximum atomic E-state index is 9.29. The molecule has 0 unspecified atom stereocenters. The third kappa shape index (κ3) is 3.38. The van der Waals surface area contributed by atoms with Crippen LogP contribution in [0.2, 0.25) is 0 Å². The molecule has 0 amide bonds. The largest absolute Gasteiger partial charge is 0.396 e. The van der Waals surface area contributed by atoms with Crippen LogP contribution >= 0.6 is 0 Å². The second-order valence-electron chi connectivity index (χ2n) is 6.45. The summed E-state index contributed by atoms with van der Waals surface area (Å²) in [6.45, 7) is 0.969. The van der Waals surface area contributed by atoms with Gasteiger partial charge in [0, 0.05) is 18.8 Å². The Balaban J connectivity index is 1.60. The molecule has 1 aromatic carbocycles. The van der Waals surface area contributed by atoms with E-state index in [1.807, 2.05) is 0 Å². The summed E-state index contributed by atoms with van der Waals surface area (Å²) in [7, 11) is 0. The fourth-order valence-corrected chi connectivity index (χ4v) is 3.15. The number of nitrogens with zero attached hydrogens (tertiary/aromatic N) is 1. The van der Waals surface area contributed by atoms with Gasteiger partial charge in [-0.3, -0.25) is 4.99 Å². The van der Waals surface area contributed by atoms with Crippen LogP contribution < -0.4 is 11.1 Å². The molecule has 21 heavy (non-hydrogen) atoms. The highest BCUT2D eigenvalue weighted by Gasteiger charge is 2.41. The number of aliphatic hydroxyl groups excluding tert-OH is 1. The van der Waals surface area contributed by atoms with Gasteiger partial charge in [-0.05, 0) is 67.6 Å². The summed E-state index contributed by atoms with van der Waals surface area (Å²) in [5, 5.41) is 12.6. The number of anilines is 1. The second-order valence-corrected chi connectivity index (χ2v) is 6.45. The van der Waals surface area contributed by atoms with E-state index in [1.54, 1.807) is 0 Å². The Morgan fingerprint density at radius 3 is 2.86 bits per heavy atom. The Morgan fingerprint density at radius 1 is 1.29 bits per heavy atom. The summed E-state index contributed by atoms with van der Waals surface area (Å²) in [6.07, 6.45) is 8.00.